The molecule has 2 rings (SSSR count). The Hall–Kier alpha value is -0.0400. The lowest BCUT2D eigenvalue weighted by Crippen LogP contribution is -2.37. The molecule has 23 heavy (non-hydrogen) atoms. The second-order valence-electron chi connectivity index (χ2n) is 9.33. The minimum absolute atomic E-state index is 0.595. The molecule has 0 aliphatic heterocycles. The van der Waals surface area contributed by atoms with Crippen LogP contribution in [0.15, 0.2) is 0 Å². The van der Waals surface area contributed by atoms with Crippen LogP contribution in [0.5, 0.6) is 0 Å². The quantitative estimate of drug-likeness (QED) is 0.541. The van der Waals surface area contributed by atoms with Crippen molar-refractivity contribution in [2.75, 3.05) is 6.54 Å². The van der Waals surface area contributed by atoms with Crippen molar-refractivity contribution < 1.29 is 0 Å². The number of hydrogen-bond acceptors (Lipinski definition) is 1. The molecule has 0 saturated heterocycles. The average Bonchev–Trinajstić information content (AvgIpc) is 2.89. The van der Waals surface area contributed by atoms with Gasteiger partial charge in [-0.3, -0.25) is 0 Å². The molecule has 1 heteroatoms. The van der Waals surface area contributed by atoms with Crippen LogP contribution in [0.4, 0.5) is 0 Å². The maximum Gasteiger partial charge on any atom is -0.00772 e. The molecular weight excluding hydrogens is 278 g/mol. The fraction of sp³-hybridized carbons (Fsp3) is 1.00. The molecule has 0 aromatic rings. The molecule has 1 nitrogen and oxygen atoms in total. The highest BCUT2D eigenvalue weighted by Crippen LogP contribution is 2.56. The van der Waals surface area contributed by atoms with E-state index in [9.17, 15) is 0 Å². The predicted molar refractivity (Wildman–Crippen MR) is 103 cm³/mol. The molecule has 0 heterocycles. The Morgan fingerprint density at radius 1 is 0.870 bits per heavy atom. The molecule has 2 aliphatic rings. The van der Waals surface area contributed by atoms with Crippen molar-refractivity contribution in [3.8, 4) is 0 Å². The predicted octanol–water partition coefficient (Wildman–Crippen LogP) is 6.70. The lowest BCUT2D eigenvalue weighted by atomic mass is 9.58. The van der Waals surface area contributed by atoms with Gasteiger partial charge in [-0.15, -0.1) is 0 Å². The van der Waals surface area contributed by atoms with Crippen LogP contribution in [0, 0.1) is 22.7 Å². The van der Waals surface area contributed by atoms with E-state index in [4.69, 9.17) is 5.73 Å². The van der Waals surface area contributed by atoms with E-state index in [2.05, 4.69) is 20.8 Å². The summed E-state index contributed by atoms with van der Waals surface area (Å²) in [5.74, 6) is 1.91. The zero-order chi connectivity index (χ0) is 16.8. The highest BCUT2D eigenvalue weighted by Gasteiger charge is 2.45. The second-order valence-corrected chi connectivity index (χ2v) is 9.33. The number of hydrogen-bond donors (Lipinski definition) is 1. The van der Waals surface area contributed by atoms with E-state index in [0.717, 1.165) is 18.4 Å². The van der Waals surface area contributed by atoms with Gasteiger partial charge in [-0.05, 0) is 74.2 Å². The first kappa shape index (κ1) is 19.3. The third-order valence-corrected chi connectivity index (χ3v) is 8.00. The van der Waals surface area contributed by atoms with Crippen LogP contribution in [0.1, 0.15) is 111 Å². The molecule has 2 N–H and O–H groups in total. The Morgan fingerprint density at radius 2 is 1.48 bits per heavy atom. The first-order chi connectivity index (χ1) is 11.0. The third-order valence-electron chi connectivity index (χ3n) is 8.00. The zero-order valence-electron chi connectivity index (χ0n) is 16.3. The van der Waals surface area contributed by atoms with E-state index in [-0.39, 0.29) is 0 Å². The standard InChI is InChI=1S/C22H43N/c1-4-19(12-10-18-23)20-11-9-16-22(3,17-13-20)21(2)14-7-5-6-8-15-21/h19-20H,4-18,23H2,1-3H3. The minimum Gasteiger partial charge on any atom is -0.330 e. The normalized spacial score (nSPS) is 33.7. The van der Waals surface area contributed by atoms with Crippen molar-refractivity contribution in [1.82, 2.24) is 0 Å². The van der Waals surface area contributed by atoms with Crippen LogP contribution in [0.25, 0.3) is 0 Å². The van der Waals surface area contributed by atoms with Crippen LogP contribution >= 0.6 is 0 Å². The van der Waals surface area contributed by atoms with Crippen LogP contribution in [-0.4, -0.2) is 6.54 Å². The van der Waals surface area contributed by atoms with Gasteiger partial charge in [0.2, 0.25) is 0 Å². The van der Waals surface area contributed by atoms with Gasteiger partial charge >= 0.3 is 0 Å². The summed E-state index contributed by atoms with van der Waals surface area (Å²) in [4.78, 5) is 0. The van der Waals surface area contributed by atoms with Gasteiger partial charge < -0.3 is 5.73 Å². The molecule has 0 radical (unpaired) electrons. The molecule has 0 aromatic heterocycles. The summed E-state index contributed by atoms with van der Waals surface area (Å²) in [7, 11) is 0. The van der Waals surface area contributed by atoms with E-state index in [0.29, 0.717) is 10.8 Å². The maximum absolute atomic E-state index is 5.76. The van der Waals surface area contributed by atoms with E-state index in [1.54, 1.807) is 0 Å². The fourth-order valence-corrected chi connectivity index (χ4v) is 5.87. The smallest absolute Gasteiger partial charge is 0.00772 e. The molecule has 2 saturated carbocycles. The molecular formula is C22H43N. The Morgan fingerprint density at radius 3 is 2.09 bits per heavy atom. The van der Waals surface area contributed by atoms with E-state index < -0.39 is 0 Å². The van der Waals surface area contributed by atoms with E-state index in [1.807, 2.05) is 0 Å². The van der Waals surface area contributed by atoms with Gasteiger partial charge in [0.25, 0.3) is 0 Å². The van der Waals surface area contributed by atoms with Crippen LogP contribution in [-0.2, 0) is 0 Å². The van der Waals surface area contributed by atoms with Crippen LogP contribution < -0.4 is 5.73 Å². The highest BCUT2D eigenvalue weighted by molar-refractivity contribution is 4.95. The third kappa shape index (κ3) is 4.74. The summed E-state index contributed by atoms with van der Waals surface area (Å²) >= 11 is 0. The van der Waals surface area contributed by atoms with Crippen LogP contribution in [0.2, 0.25) is 0 Å². The monoisotopic (exact) mass is 321 g/mol. The largest absolute Gasteiger partial charge is 0.330 e. The number of nitrogens with two attached hydrogens (primary N) is 1. The van der Waals surface area contributed by atoms with Crippen molar-refractivity contribution >= 4 is 0 Å². The van der Waals surface area contributed by atoms with Gasteiger partial charge in [-0.2, -0.15) is 0 Å². The van der Waals surface area contributed by atoms with Gasteiger partial charge in [-0.1, -0.05) is 65.7 Å². The first-order valence-electron chi connectivity index (χ1n) is 10.7. The Kier molecular flexibility index (Phi) is 7.45. The summed E-state index contributed by atoms with van der Waals surface area (Å²) in [5.41, 5.74) is 6.97. The topological polar surface area (TPSA) is 26.0 Å². The van der Waals surface area contributed by atoms with Gasteiger partial charge in [-0.25, -0.2) is 0 Å². The number of rotatable bonds is 6. The summed E-state index contributed by atoms with van der Waals surface area (Å²) in [6.07, 6.45) is 20.2. The van der Waals surface area contributed by atoms with Crippen LogP contribution in [0.3, 0.4) is 0 Å². The van der Waals surface area contributed by atoms with Crippen molar-refractivity contribution in [1.29, 1.82) is 0 Å². The van der Waals surface area contributed by atoms with Gasteiger partial charge in [0.15, 0.2) is 0 Å². The fourth-order valence-electron chi connectivity index (χ4n) is 5.87. The van der Waals surface area contributed by atoms with Gasteiger partial charge in [0, 0.05) is 0 Å². The first-order valence-corrected chi connectivity index (χ1v) is 10.7. The minimum atomic E-state index is 0.595. The molecule has 2 aliphatic carbocycles. The van der Waals surface area contributed by atoms with Crippen molar-refractivity contribution in [3.63, 3.8) is 0 Å². The summed E-state index contributed by atoms with van der Waals surface area (Å²) in [6.45, 7) is 8.57. The molecule has 3 atom stereocenters. The second kappa shape index (κ2) is 8.88. The Labute approximate surface area is 146 Å². The summed E-state index contributed by atoms with van der Waals surface area (Å²) in [5, 5.41) is 0. The summed E-state index contributed by atoms with van der Waals surface area (Å²) < 4.78 is 0. The zero-order valence-corrected chi connectivity index (χ0v) is 16.3. The molecule has 0 bridgehead atoms. The van der Waals surface area contributed by atoms with Gasteiger partial charge in [0.1, 0.15) is 0 Å². The van der Waals surface area contributed by atoms with Crippen molar-refractivity contribution in [2.24, 2.45) is 28.4 Å². The highest BCUT2D eigenvalue weighted by atomic mass is 14.5. The maximum atomic E-state index is 5.76. The van der Waals surface area contributed by atoms with Crippen molar-refractivity contribution in [3.05, 3.63) is 0 Å². The average molecular weight is 322 g/mol. The Bertz CT molecular complexity index is 329. The van der Waals surface area contributed by atoms with E-state index >= 15 is 0 Å². The molecule has 2 fully saturated rings. The SMILES string of the molecule is CCC(CCCN)C1CCCC(C)(C2(C)CCCCCC2)CC1. The molecule has 3 unspecified atom stereocenters. The van der Waals surface area contributed by atoms with E-state index in [1.165, 1.54) is 89.9 Å². The lowest BCUT2D eigenvalue weighted by molar-refractivity contribution is 0.0330. The Balaban J connectivity index is 2.00. The molecule has 0 spiro atoms. The summed E-state index contributed by atoms with van der Waals surface area (Å²) in [6, 6.07) is 0. The lowest BCUT2D eigenvalue weighted by Gasteiger charge is -2.47. The molecule has 0 amide bonds. The molecule has 136 valence electrons. The van der Waals surface area contributed by atoms with Gasteiger partial charge in [0.05, 0.1) is 0 Å². The molecule has 0 aromatic carbocycles. The van der Waals surface area contributed by atoms with Crippen molar-refractivity contribution in [2.45, 2.75) is 111 Å².